The van der Waals surface area contributed by atoms with Crippen LogP contribution in [-0.2, 0) is 7.05 Å². The van der Waals surface area contributed by atoms with Gasteiger partial charge in [0, 0.05) is 12.6 Å². The Labute approximate surface area is 112 Å². The van der Waals surface area contributed by atoms with Gasteiger partial charge in [-0.3, -0.25) is 0 Å². The van der Waals surface area contributed by atoms with Crippen molar-refractivity contribution in [3.8, 4) is 11.3 Å². The summed E-state index contributed by atoms with van der Waals surface area (Å²) >= 11 is 0. The second-order valence-electron chi connectivity index (χ2n) is 4.79. The number of carbonyl (C=O) groups is 1. The summed E-state index contributed by atoms with van der Waals surface area (Å²) in [5.74, 6) is -0.447. The number of aromatic nitrogens is 2. The maximum absolute atomic E-state index is 11.2. The van der Waals surface area contributed by atoms with Gasteiger partial charge in [0.25, 0.3) is 0 Å². The maximum atomic E-state index is 11.2. The first-order valence-corrected chi connectivity index (χ1v) is 6.39. The molecule has 1 atom stereocenters. The molecule has 0 amide bonds. The highest BCUT2D eigenvalue weighted by molar-refractivity contribution is 5.93. The Bertz CT molecular complexity index is 585. The largest absolute Gasteiger partial charge is 0.477 e. The van der Waals surface area contributed by atoms with Crippen LogP contribution in [0.15, 0.2) is 30.6 Å². The van der Waals surface area contributed by atoms with Gasteiger partial charge in [0.05, 0.1) is 6.33 Å². The third-order valence-corrected chi connectivity index (χ3v) is 3.51. The molecule has 100 valence electrons. The smallest absolute Gasteiger partial charge is 0.354 e. The van der Waals surface area contributed by atoms with Crippen LogP contribution < -0.4 is 0 Å². The van der Waals surface area contributed by atoms with Crippen LogP contribution in [0, 0.1) is 0 Å². The average molecular weight is 258 g/mol. The molecule has 2 aromatic rings. The zero-order valence-electron chi connectivity index (χ0n) is 11.4. The van der Waals surface area contributed by atoms with E-state index in [9.17, 15) is 9.90 Å². The lowest BCUT2D eigenvalue weighted by Gasteiger charge is -2.09. The molecule has 4 nitrogen and oxygen atoms in total. The maximum Gasteiger partial charge on any atom is 0.354 e. The topological polar surface area (TPSA) is 55.1 Å². The first-order chi connectivity index (χ1) is 9.04. The number of nitrogens with zero attached hydrogens (tertiary/aromatic N) is 2. The lowest BCUT2D eigenvalue weighted by atomic mass is 9.97. The molecule has 0 fully saturated rings. The highest BCUT2D eigenvalue weighted by Gasteiger charge is 2.17. The molecular formula is C15H18N2O2. The Morgan fingerprint density at radius 1 is 1.37 bits per heavy atom. The van der Waals surface area contributed by atoms with Crippen molar-refractivity contribution in [2.75, 3.05) is 0 Å². The molecule has 0 aliphatic heterocycles. The van der Waals surface area contributed by atoms with Crippen molar-refractivity contribution in [2.24, 2.45) is 7.05 Å². The number of hydrogen-bond acceptors (Lipinski definition) is 2. The number of hydrogen-bond donors (Lipinski definition) is 1. The normalized spacial score (nSPS) is 12.4. The molecule has 19 heavy (non-hydrogen) atoms. The molecule has 0 aliphatic rings. The van der Waals surface area contributed by atoms with Crippen molar-refractivity contribution < 1.29 is 9.90 Å². The molecule has 1 unspecified atom stereocenters. The number of carboxylic acid groups (broad SMARTS) is 1. The first kappa shape index (κ1) is 13.3. The number of benzene rings is 1. The van der Waals surface area contributed by atoms with E-state index in [1.165, 1.54) is 16.5 Å². The van der Waals surface area contributed by atoms with Gasteiger partial charge in [-0.15, -0.1) is 0 Å². The van der Waals surface area contributed by atoms with E-state index in [2.05, 4.69) is 18.8 Å². The predicted octanol–water partition coefficient (Wildman–Crippen LogP) is 3.30. The first-order valence-electron chi connectivity index (χ1n) is 6.39. The lowest BCUT2D eigenvalue weighted by molar-refractivity contribution is 0.0687. The third-order valence-electron chi connectivity index (χ3n) is 3.51. The molecule has 0 radical (unpaired) electrons. The summed E-state index contributed by atoms with van der Waals surface area (Å²) < 4.78 is 1.53. The monoisotopic (exact) mass is 258 g/mol. The molecule has 0 saturated carbocycles. The van der Waals surface area contributed by atoms with Crippen molar-refractivity contribution in [3.05, 3.63) is 41.9 Å². The van der Waals surface area contributed by atoms with Crippen LogP contribution in [0.25, 0.3) is 11.3 Å². The van der Waals surface area contributed by atoms with Crippen LogP contribution in [0.4, 0.5) is 0 Å². The number of carboxylic acids is 1. The molecule has 0 spiro atoms. The summed E-state index contributed by atoms with van der Waals surface area (Å²) in [4.78, 5) is 15.4. The molecule has 0 aliphatic carbocycles. The summed E-state index contributed by atoms with van der Waals surface area (Å²) in [6, 6.07) is 7.97. The lowest BCUT2D eigenvalue weighted by Crippen LogP contribution is -2.05. The Kier molecular flexibility index (Phi) is 3.69. The summed E-state index contributed by atoms with van der Waals surface area (Å²) in [5.41, 5.74) is 2.84. The number of aryl methyl sites for hydroxylation is 1. The fourth-order valence-electron chi connectivity index (χ4n) is 2.10. The van der Waals surface area contributed by atoms with E-state index in [1.54, 1.807) is 7.05 Å². The summed E-state index contributed by atoms with van der Waals surface area (Å²) in [5, 5.41) is 9.22. The fraction of sp³-hybridized carbons (Fsp3) is 0.333. The minimum Gasteiger partial charge on any atom is -0.477 e. The minimum absolute atomic E-state index is 0.219. The van der Waals surface area contributed by atoms with Gasteiger partial charge in [-0.2, -0.15) is 0 Å². The van der Waals surface area contributed by atoms with E-state index < -0.39 is 5.97 Å². The van der Waals surface area contributed by atoms with Crippen molar-refractivity contribution in [1.82, 2.24) is 9.55 Å². The molecule has 1 aromatic carbocycles. The average Bonchev–Trinajstić information content (AvgIpc) is 2.80. The second kappa shape index (κ2) is 5.26. The predicted molar refractivity (Wildman–Crippen MR) is 74.3 cm³/mol. The van der Waals surface area contributed by atoms with E-state index in [1.807, 2.05) is 24.3 Å². The van der Waals surface area contributed by atoms with E-state index in [0.717, 1.165) is 12.0 Å². The Hall–Kier alpha value is -2.10. The summed E-state index contributed by atoms with van der Waals surface area (Å²) in [6.07, 6.45) is 2.62. The van der Waals surface area contributed by atoms with Crippen LogP contribution in [0.3, 0.4) is 0 Å². The Balaban J connectivity index is 2.40. The van der Waals surface area contributed by atoms with Crippen molar-refractivity contribution >= 4 is 5.97 Å². The van der Waals surface area contributed by atoms with Crippen molar-refractivity contribution in [1.29, 1.82) is 0 Å². The summed E-state index contributed by atoms with van der Waals surface area (Å²) in [6.45, 7) is 4.33. The highest BCUT2D eigenvalue weighted by atomic mass is 16.4. The quantitative estimate of drug-likeness (QED) is 0.915. The molecule has 0 bridgehead atoms. The van der Waals surface area contributed by atoms with Gasteiger partial charge in [0.2, 0.25) is 0 Å². The Morgan fingerprint density at radius 3 is 2.53 bits per heavy atom. The Morgan fingerprint density at radius 2 is 2.00 bits per heavy atom. The standard InChI is InChI=1S/C15H18N2O2/c1-4-10(2)11-5-7-12(8-6-11)13-14(15(18)19)17(3)9-16-13/h5-10H,4H2,1-3H3,(H,18,19). The molecule has 2 rings (SSSR count). The van der Waals surface area contributed by atoms with Gasteiger partial charge in [0.1, 0.15) is 5.69 Å². The van der Waals surface area contributed by atoms with Crippen LogP contribution in [0.1, 0.15) is 42.2 Å². The van der Waals surface area contributed by atoms with E-state index in [-0.39, 0.29) is 5.69 Å². The molecule has 1 aromatic heterocycles. The molecule has 1 heterocycles. The fourth-order valence-corrected chi connectivity index (χ4v) is 2.10. The zero-order chi connectivity index (χ0) is 14.0. The highest BCUT2D eigenvalue weighted by Crippen LogP contribution is 2.25. The van der Waals surface area contributed by atoms with Crippen molar-refractivity contribution in [3.63, 3.8) is 0 Å². The third kappa shape index (κ3) is 2.52. The molecule has 1 N–H and O–H groups in total. The SMILES string of the molecule is CCC(C)c1ccc(-c2ncn(C)c2C(=O)O)cc1. The van der Waals surface area contributed by atoms with E-state index in [0.29, 0.717) is 11.6 Å². The molecular weight excluding hydrogens is 240 g/mol. The van der Waals surface area contributed by atoms with Crippen LogP contribution in [0.2, 0.25) is 0 Å². The van der Waals surface area contributed by atoms with Gasteiger partial charge in [-0.1, -0.05) is 38.1 Å². The van der Waals surface area contributed by atoms with Gasteiger partial charge in [-0.25, -0.2) is 9.78 Å². The van der Waals surface area contributed by atoms with E-state index in [4.69, 9.17) is 0 Å². The molecule has 0 saturated heterocycles. The van der Waals surface area contributed by atoms with Crippen molar-refractivity contribution in [2.45, 2.75) is 26.2 Å². The second-order valence-corrected chi connectivity index (χ2v) is 4.79. The van der Waals surface area contributed by atoms with Crippen LogP contribution >= 0.6 is 0 Å². The molecule has 4 heteroatoms. The number of imidazole rings is 1. The van der Waals surface area contributed by atoms with Gasteiger partial charge < -0.3 is 9.67 Å². The van der Waals surface area contributed by atoms with E-state index >= 15 is 0 Å². The van der Waals surface area contributed by atoms with Gasteiger partial charge in [-0.05, 0) is 17.9 Å². The van der Waals surface area contributed by atoms with Gasteiger partial charge >= 0.3 is 5.97 Å². The van der Waals surface area contributed by atoms with Crippen LogP contribution in [-0.4, -0.2) is 20.6 Å². The van der Waals surface area contributed by atoms with Crippen LogP contribution in [0.5, 0.6) is 0 Å². The van der Waals surface area contributed by atoms with Gasteiger partial charge in [0.15, 0.2) is 5.69 Å². The minimum atomic E-state index is -0.957. The zero-order valence-corrected chi connectivity index (χ0v) is 11.4. The summed E-state index contributed by atoms with van der Waals surface area (Å²) in [7, 11) is 1.69. The number of rotatable bonds is 4. The number of aromatic carboxylic acids is 1.